The van der Waals surface area contributed by atoms with E-state index in [4.69, 9.17) is 0 Å². The van der Waals surface area contributed by atoms with Gasteiger partial charge in [-0.05, 0) is 6.07 Å². The second-order valence-electron chi connectivity index (χ2n) is 4.20. The highest BCUT2D eigenvalue weighted by Gasteiger charge is 2.13. The van der Waals surface area contributed by atoms with Crippen LogP contribution in [0.3, 0.4) is 0 Å². The fraction of sp³-hybridized carbons (Fsp3) is 0.667. The first kappa shape index (κ1) is 13.0. The summed E-state index contributed by atoms with van der Waals surface area (Å²) in [5, 5.41) is 3.43. The Kier molecular flexibility index (Phi) is 6.62. The van der Waals surface area contributed by atoms with Gasteiger partial charge in [0.15, 0.2) is 0 Å². The zero-order valence-electron chi connectivity index (χ0n) is 10.4. The van der Waals surface area contributed by atoms with Crippen molar-refractivity contribution in [2.24, 2.45) is 0 Å². The fourth-order valence-corrected chi connectivity index (χ4v) is 1.75. The average Bonchev–Trinajstić information content (AvgIpc) is 2.34. The number of nitrogens with one attached hydrogen (secondary N) is 1. The SMILES string of the molecule is CCCCB(CCCC)Nc1ncccn1. The summed E-state index contributed by atoms with van der Waals surface area (Å²) in [5.41, 5.74) is 0. The lowest BCUT2D eigenvalue weighted by Crippen LogP contribution is -2.25. The van der Waals surface area contributed by atoms with E-state index in [9.17, 15) is 0 Å². The van der Waals surface area contributed by atoms with E-state index in [0.717, 1.165) is 5.95 Å². The molecular formula is C12H22BN3. The molecule has 0 unspecified atom stereocenters. The Balaban J connectivity index is 2.42. The number of unbranched alkanes of at least 4 members (excludes halogenated alkanes) is 2. The predicted octanol–water partition coefficient (Wildman–Crippen LogP) is 3.48. The van der Waals surface area contributed by atoms with Crippen LogP contribution in [0.5, 0.6) is 0 Å². The predicted molar refractivity (Wildman–Crippen MR) is 70.8 cm³/mol. The molecule has 88 valence electrons. The molecule has 0 aliphatic carbocycles. The molecule has 1 N–H and O–H groups in total. The fourth-order valence-electron chi connectivity index (χ4n) is 1.75. The number of nitrogens with zero attached hydrogens (tertiary/aromatic N) is 2. The highest BCUT2D eigenvalue weighted by Crippen LogP contribution is 2.11. The maximum Gasteiger partial charge on any atom is 0.254 e. The highest BCUT2D eigenvalue weighted by atomic mass is 15.1. The third kappa shape index (κ3) is 5.15. The molecule has 0 spiro atoms. The van der Waals surface area contributed by atoms with E-state index in [2.05, 4.69) is 29.0 Å². The first-order valence-electron chi connectivity index (χ1n) is 6.40. The largest absolute Gasteiger partial charge is 0.397 e. The first-order valence-corrected chi connectivity index (χ1v) is 6.40. The van der Waals surface area contributed by atoms with E-state index in [1.54, 1.807) is 12.4 Å². The van der Waals surface area contributed by atoms with Crippen molar-refractivity contribution >= 4 is 12.8 Å². The Hall–Kier alpha value is -1.06. The Morgan fingerprint density at radius 3 is 2.12 bits per heavy atom. The van der Waals surface area contributed by atoms with E-state index >= 15 is 0 Å². The van der Waals surface area contributed by atoms with Gasteiger partial charge in [-0.1, -0.05) is 52.2 Å². The molecule has 0 saturated carbocycles. The Morgan fingerprint density at radius 1 is 1.06 bits per heavy atom. The summed E-state index contributed by atoms with van der Waals surface area (Å²) >= 11 is 0. The normalized spacial score (nSPS) is 10.1. The van der Waals surface area contributed by atoms with Gasteiger partial charge in [0, 0.05) is 12.4 Å². The van der Waals surface area contributed by atoms with Crippen molar-refractivity contribution in [3.8, 4) is 0 Å². The minimum atomic E-state index is 0.530. The number of aromatic nitrogens is 2. The van der Waals surface area contributed by atoms with Gasteiger partial charge in [0.1, 0.15) is 0 Å². The van der Waals surface area contributed by atoms with E-state index < -0.39 is 0 Å². The summed E-state index contributed by atoms with van der Waals surface area (Å²) in [6.45, 7) is 4.99. The van der Waals surface area contributed by atoms with Gasteiger partial charge in [-0.3, -0.25) is 0 Å². The molecule has 4 heteroatoms. The van der Waals surface area contributed by atoms with Crippen LogP contribution in [0.2, 0.25) is 12.6 Å². The van der Waals surface area contributed by atoms with E-state index in [0.29, 0.717) is 6.85 Å². The zero-order chi connectivity index (χ0) is 11.6. The van der Waals surface area contributed by atoms with Crippen LogP contribution in [0.25, 0.3) is 0 Å². The quantitative estimate of drug-likeness (QED) is 0.680. The molecule has 16 heavy (non-hydrogen) atoms. The second-order valence-corrected chi connectivity index (χ2v) is 4.20. The van der Waals surface area contributed by atoms with Gasteiger partial charge in [0.2, 0.25) is 5.95 Å². The molecular weight excluding hydrogens is 197 g/mol. The molecule has 0 bridgehead atoms. The summed E-state index contributed by atoms with van der Waals surface area (Å²) < 4.78 is 0. The van der Waals surface area contributed by atoms with Crippen LogP contribution in [-0.2, 0) is 0 Å². The molecule has 0 fully saturated rings. The molecule has 0 atom stereocenters. The Labute approximate surface area is 99.2 Å². The van der Waals surface area contributed by atoms with Crippen LogP contribution >= 0.6 is 0 Å². The maximum atomic E-state index is 4.21. The molecule has 0 aromatic carbocycles. The third-order valence-electron chi connectivity index (χ3n) is 2.71. The van der Waals surface area contributed by atoms with Crippen LogP contribution in [0.15, 0.2) is 18.5 Å². The minimum Gasteiger partial charge on any atom is -0.397 e. The average molecular weight is 219 g/mol. The molecule has 1 heterocycles. The van der Waals surface area contributed by atoms with Gasteiger partial charge in [-0.25, -0.2) is 9.97 Å². The lowest BCUT2D eigenvalue weighted by atomic mass is 9.54. The Bertz CT molecular complexity index is 258. The maximum absolute atomic E-state index is 4.21. The van der Waals surface area contributed by atoms with Gasteiger partial charge in [-0.2, -0.15) is 0 Å². The van der Waals surface area contributed by atoms with Crippen LogP contribution in [-0.4, -0.2) is 16.8 Å². The summed E-state index contributed by atoms with van der Waals surface area (Å²) in [7, 11) is 0. The van der Waals surface area contributed by atoms with E-state index in [1.807, 2.05) is 6.07 Å². The molecule has 1 aromatic heterocycles. The number of hydrogen-bond acceptors (Lipinski definition) is 3. The molecule has 3 nitrogen and oxygen atoms in total. The monoisotopic (exact) mass is 219 g/mol. The van der Waals surface area contributed by atoms with E-state index in [-0.39, 0.29) is 0 Å². The van der Waals surface area contributed by atoms with Crippen LogP contribution in [0, 0.1) is 0 Å². The summed E-state index contributed by atoms with van der Waals surface area (Å²) in [6.07, 6.45) is 11.0. The number of anilines is 1. The van der Waals surface area contributed by atoms with Gasteiger partial charge in [0.25, 0.3) is 6.85 Å². The number of rotatable bonds is 8. The molecule has 0 aliphatic rings. The van der Waals surface area contributed by atoms with Gasteiger partial charge < -0.3 is 5.23 Å². The van der Waals surface area contributed by atoms with Crippen molar-refractivity contribution < 1.29 is 0 Å². The van der Waals surface area contributed by atoms with Crippen molar-refractivity contribution in [1.82, 2.24) is 9.97 Å². The van der Waals surface area contributed by atoms with Crippen molar-refractivity contribution in [2.75, 3.05) is 5.23 Å². The lowest BCUT2D eigenvalue weighted by molar-refractivity contribution is 0.841. The zero-order valence-corrected chi connectivity index (χ0v) is 10.4. The molecule has 0 aliphatic heterocycles. The van der Waals surface area contributed by atoms with Gasteiger partial charge in [-0.15, -0.1) is 0 Å². The molecule has 1 rings (SSSR count). The molecule has 0 saturated heterocycles. The molecule has 1 aromatic rings. The third-order valence-corrected chi connectivity index (χ3v) is 2.71. The number of hydrogen-bond donors (Lipinski definition) is 1. The molecule has 0 amide bonds. The van der Waals surface area contributed by atoms with Crippen LogP contribution < -0.4 is 5.23 Å². The smallest absolute Gasteiger partial charge is 0.254 e. The minimum absolute atomic E-state index is 0.530. The van der Waals surface area contributed by atoms with Gasteiger partial charge >= 0.3 is 0 Å². The Morgan fingerprint density at radius 2 is 1.62 bits per heavy atom. The summed E-state index contributed by atoms with van der Waals surface area (Å²) in [5.74, 6) is 0.764. The van der Waals surface area contributed by atoms with Crippen molar-refractivity contribution in [3.05, 3.63) is 18.5 Å². The second kappa shape index (κ2) is 8.14. The van der Waals surface area contributed by atoms with Crippen molar-refractivity contribution in [2.45, 2.75) is 52.2 Å². The van der Waals surface area contributed by atoms with Gasteiger partial charge in [0.05, 0.1) is 0 Å². The first-order chi connectivity index (χ1) is 7.86. The standard InChI is InChI=1S/C12H22BN3/c1-3-5-8-13(9-6-4-2)16-12-14-10-7-11-15-12/h7,10-11H,3-6,8-9H2,1-2H3,(H,14,15,16). The van der Waals surface area contributed by atoms with Crippen LogP contribution in [0.4, 0.5) is 5.95 Å². The highest BCUT2D eigenvalue weighted by molar-refractivity contribution is 6.62. The topological polar surface area (TPSA) is 37.8 Å². The summed E-state index contributed by atoms with van der Waals surface area (Å²) in [4.78, 5) is 8.42. The van der Waals surface area contributed by atoms with Crippen molar-refractivity contribution in [3.63, 3.8) is 0 Å². The van der Waals surface area contributed by atoms with Crippen LogP contribution in [0.1, 0.15) is 39.5 Å². The van der Waals surface area contributed by atoms with Crippen molar-refractivity contribution in [1.29, 1.82) is 0 Å². The lowest BCUT2D eigenvalue weighted by Gasteiger charge is -2.13. The molecule has 0 radical (unpaired) electrons. The summed E-state index contributed by atoms with van der Waals surface area (Å²) in [6, 6.07) is 1.85. The van der Waals surface area contributed by atoms with E-state index in [1.165, 1.54) is 38.3 Å².